The summed E-state index contributed by atoms with van der Waals surface area (Å²) in [7, 11) is -0.343. The van der Waals surface area contributed by atoms with Gasteiger partial charge in [-0.3, -0.25) is 9.59 Å². The van der Waals surface area contributed by atoms with Crippen LogP contribution in [0.1, 0.15) is 57.3 Å². The van der Waals surface area contributed by atoms with Crippen LogP contribution in [0.4, 0.5) is 5.69 Å². The number of rotatable bonds is 4. The van der Waals surface area contributed by atoms with Crippen molar-refractivity contribution in [3.63, 3.8) is 0 Å². The Morgan fingerprint density at radius 3 is 2.77 bits per heavy atom. The lowest BCUT2D eigenvalue weighted by molar-refractivity contribution is 0.0949. The van der Waals surface area contributed by atoms with Gasteiger partial charge in [0.05, 0.1) is 22.8 Å². The van der Waals surface area contributed by atoms with Gasteiger partial charge in [0.15, 0.2) is 0 Å². The van der Waals surface area contributed by atoms with Gasteiger partial charge in [-0.15, -0.1) is 21.8 Å². The largest absolute Gasteiger partial charge is 0.347 e. The zero-order chi connectivity index (χ0) is 21.3. The zero-order valence-electron chi connectivity index (χ0n) is 17.1. The van der Waals surface area contributed by atoms with E-state index in [1.54, 1.807) is 17.4 Å². The molecular weight excluding hydrogens is 414 g/mol. The number of carbonyl (C=O) groups excluding carboxylic acids is 2. The van der Waals surface area contributed by atoms with Crippen LogP contribution < -0.4 is 10.6 Å². The summed E-state index contributed by atoms with van der Waals surface area (Å²) in [6.45, 7) is 6.64. The Morgan fingerprint density at radius 2 is 2.03 bits per heavy atom. The zero-order valence-corrected chi connectivity index (χ0v) is 18.7. The van der Waals surface area contributed by atoms with E-state index in [0.29, 0.717) is 29.3 Å². The first kappa shape index (κ1) is 20.5. The second-order valence-electron chi connectivity index (χ2n) is 7.24. The number of benzene rings is 2. The maximum Gasteiger partial charge on any atom is 0.256 e. The average molecular weight is 438 g/mol. The minimum atomic E-state index is -0.343. The van der Waals surface area contributed by atoms with Crippen LogP contribution in [0.15, 0.2) is 58.5 Å². The standard InChI is InChI=1S/C23H23N3O2S2/c1-4-30-19-8-6-5-7-17(19)22(28)26-18-11-15(9-10-20(18)30)21(27)24-12-16-13-25-23(29-16)14(2)3/h4-11,13-14H,12H2,1-3H3,(H,24,27)(H,26,28). The first-order valence-electron chi connectivity index (χ1n) is 9.77. The minimum absolute atomic E-state index is 0.146. The smallest absolute Gasteiger partial charge is 0.256 e. The van der Waals surface area contributed by atoms with Gasteiger partial charge in [-0.25, -0.2) is 4.98 Å². The van der Waals surface area contributed by atoms with Crippen molar-refractivity contribution in [2.75, 3.05) is 5.32 Å². The lowest BCUT2D eigenvalue weighted by atomic mass is 10.1. The topological polar surface area (TPSA) is 71.1 Å². The maximum atomic E-state index is 12.8. The highest BCUT2D eigenvalue weighted by Gasteiger charge is 2.22. The molecule has 1 atom stereocenters. The average Bonchev–Trinajstić information content (AvgIpc) is 3.19. The molecule has 2 aromatic carbocycles. The molecule has 2 N–H and O–H groups in total. The second kappa shape index (κ2) is 8.53. The Balaban J connectivity index is 1.58. The number of anilines is 1. The van der Waals surface area contributed by atoms with Crippen LogP contribution in [-0.4, -0.2) is 22.2 Å². The first-order chi connectivity index (χ1) is 14.5. The van der Waals surface area contributed by atoms with E-state index in [0.717, 1.165) is 19.7 Å². The molecule has 0 radical (unpaired) electrons. The molecule has 0 spiro atoms. The molecule has 0 bridgehead atoms. The summed E-state index contributed by atoms with van der Waals surface area (Å²) in [5.74, 6) is 0.0571. The van der Waals surface area contributed by atoms with Crippen molar-refractivity contribution in [2.45, 2.75) is 43.0 Å². The molecule has 1 aliphatic heterocycles. The third-order valence-corrected chi connectivity index (χ3v) is 8.25. The Kier molecular flexibility index (Phi) is 5.83. The quantitative estimate of drug-likeness (QED) is 0.546. The Morgan fingerprint density at radius 1 is 1.23 bits per heavy atom. The number of nitrogens with one attached hydrogen (secondary N) is 2. The first-order valence-corrected chi connectivity index (χ1v) is 11.9. The molecule has 0 aliphatic carbocycles. The number of carbonyl (C=O) groups is 2. The fourth-order valence-corrected chi connectivity index (χ4v) is 6.10. The molecule has 30 heavy (non-hydrogen) atoms. The maximum absolute atomic E-state index is 12.8. The molecule has 0 saturated carbocycles. The summed E-state index contributed by atoms with van der Waals surface area (Å²) in [4.78, 5) is 32.9. The highest BCUT2D eigenvalue weighted by molar-refractivity contribution is 8.15. The summed E-state index contributed by atoms with van der Waals surface area (Å²) in [5.41, 5.74) is 1.88. The van der Waals surface area contributed by atoms with E-state index in [1.807, 2.05) is 49.5 Å². The highest BCUT2D eigenvalue weighted by Crippen LogP contribution is 2.44. The van der Waals surface area contributed by atoms with Crippen molar-refractivity contribution in [2.24, 2.45) is 0 Å². The lowest BCUT2D eigenvalue weighted by Crippen LogP contribution is -2.22. The predicted molar refractivity (Wildman–Crippen MR) is 124 cm³/mol. The van der Waals surface area contributed by atoms with Crippen molar-refractivity contribution in [3.05, 3.63) is 69.7 Å². The van der Waals surface area contributed by atoms with E-state index >= 15 is 0 Å². The Labute approximate surface area is 182 Å². The number of aromatic nitrogens is 1. The SMILES string of the molecule is C/C=S1/c2ccc(C(=O)NCc3cnc(C(C)C)s3)cc2NC(=O)c2ccccc21. The van der Waals surface area contributed by atoms with Gasteiger partial charge in [-0.05, 0) is 37.3 Å². The van der Waals surface area contributed by atoms with Crippen LogP contribution in [0.3, 0.4) is 0 Å². The molecule has 4 rings (SSSR count). The van der Waals surface area contributed by atoms with Crippen molar-refractivity contribution in [3.8, 4) is 0 Å². The van der Waals surface area contributed by atoms with Crippen molar-refractivity contribution < 1.29 is 9.59 Å². The van der Waals surface area contributed by atoms with Gasteiger partial charge in [0.1, 0.15) is 0 Å². The number of thiazole rings is 1. The molecular formula is C23H23N3O2S2. The molecule has 1 aromatic heterocycles. The third kappa shape index (κ3) is 3.95. The van der Waals surface area contributed by atoms with Gasteiger partial charge in [0, 0.05) is 32.3 Å². The fourth-order valence-electron chi connectivity index (χ4n) is 3.31. The van der Waals surface area contributed by atoms with Crippen LogP contribution in [0, 0.1) is 0 Å². The van der Waals surface area contributed by atoms with Gasteiger partial charge in [-0.1, -0.05) is 31.3 Å². The molecule has 2 heterocycles. The lowest BCUT2D eigenvalue weighted by Gasteiger charge is -2.13. The summed E-state index contributed by atoms with van der Waals surface area (Å²) < 4.78 is 0. The van der Waals surface area contributed by atoms with Crippen molar-refractivity contribution >= 4 is 44.7 Å². The molecule has 1 aliphatic rings. The Bertz CT molecular complexity index is 1160. The van der Waals surface area contributed by atoms with E-state index in [2.05, 4.69) is 34.8 Å². The van der Waals surface area contributed by atoms with Crippen molar-refractivity contribution in [1.29, 1.82) is 0 Å². The molecule has 5 nitrogen and oxygen atoms in total. The van der Waals surface area contributed by atoms with E-state index in [9.17, 15) is 9.59 Å². The summed E-state index contributed by atoms with van der Waals surface area (Å²) in [6, 6.07) is 13.2. The highest BCUT2D eigenvalue weighted by atomic mass is 32.2. The van der Waals surface area contributed by atoms with Gasteiger partial charge in [-0.2, -0.15) is 0 Å². The molecule has 0 saturated heterocycles. The summed E-state index contributed by atoms with van der Waals surface area (Å²) in [5, 5.41) is 9.11. The number of fused-ring (bicyclic) bond motifs is 2. The fraction of sp³-hybridized carbons (Fsp3) is 0.217. The van der Waals surface area contributed by atoms with E-state index in [-0.39, 0.29) is 22.3 Å². The molecule has 0 fully saturated rings. The summed E-state index contributed by atoms with van der Waals surface area (Å²) in [6.07, 6.45) is 1.82. The van der Waals surface area contributed by atoms with Gasteiger partial charge in [0.25, 0.3) is 11.8 Å². The predicted octanol–water partition coefficient (Wildman–Crippen LogP) is 5.27. The Hall–Kier alpha value is -2.77. The van der Waals surface area contributed by atoms with Crippen LogP contribution in [-0.2, 0) is 6.54 Å². The van der Waals surface area contributed by atoms with Crippen molar-refractivity contribution in [1.82, 2.24) is 10.3 Å². The second-order valence-corrected chi connectivity index (χ2v) is 10.4. The normalized spacial score (nSPS) is 15.3. The van der Waals surface area contributed by atoms with Gasteiger partial charge < -0.3 is 10.6 Å². The third-order valence-electron chi connectivity index (χ3n) is 4.82. The molecule has 154 valence electrons. The molecule has 1 unspecified atom stereocenters. The van der Waals surface area contributed by atoms with E-state index in [4.69, 9.17) is 0 Å². The number of hydrogen-bond donors (Lipinski definition) is 2. The van der Waals surface area contributed by atoms with Gasteiger partial charge >= 0.3 is 0 Å². The number of nitrogens with zero attached hydrogens (tertiary/aromatic N) is 1. The molecule has 2 amide bonds. The molecule has 3 aromatic rings. The van der Waals surface area contributed by atoms with Crippen LogP contribution >= 0.6 is 21.8 Å². The van der Waals surface area contributed by atoms with Crippen LogP contribution in [0.25, 0.3) is 0 Å². The summed E-state index contributed by atoms with van der Waals surface area (Å²) >= 11 is 1.61. The number of amides is 2. The van der Waals surface area contributed by atoms with Crippen LogP contribution in [0.5, 0.6) is 0 Å². The monoisotopic (exact) mass is 437 g/mol. The minimum Gasteiger partial charge on any atom is -0.347 e. The number of hydrogen-bond acceptors (Lipinski definition) is 4. The molecule has 7 heteroatoms. The van der Waals surface area contributed by atoms with Crippen LogP contribution in [0.2, 0.25) is 0 Å². The van der Waals surface area contributed by atoms with E-state index < -0.39 is 0 Å². The van der Waals surface area contributed by atoms with Gasteiger partial charge in [0.2, 0.25) is 0 Å². The van der Waals surface area contributed by atoms with E-state index in [1.165, 1.54) is 0 Å².